The fourth-order valence-electron chi connectivity index (χ4n) is 3.41. The molecule has 2 N–H and O–H groups in total. The van der Waals surface area contributed by atoms with Gasteiger partial charge in [0.1, 0.15) is 5.75 Å². The zero-order valence-electron chi connectivity index (χ0n) is 16.0. The second-order valence-corrected chi connectivity index (χ2v) is 6.84. The highest BCUT2D eigenvalue weighted by Gasteiger charge is 2.26. The first-order valence-electron chi connectivity index (χ1n) is 9.32. The van der Waals surface area contributed by atoms with E-state index in [0.29, 0.717) is 18.3 Å². The van der Waals surface area contributed by atoms with E-state index in [0.717, 1.165) is 31.9 Å². The first-order valence-corrected chi connectivity index (χ1v) is 9.32. The van der Waals surface area contributed by atoms with Crippen LogP contribution in [0.5, 0.6) is 5.75 Å². The maximum absolute atomic E-state index is 12.2. The molecule has 144 valence electrons. The largest absolute Gasteiger partial charge is 0.497 e. The Morgan fingerprint density at radius 1 is 1.15 bits per heavy atom. The smallest absolute Gasteiger partial charge is 0.319 e. The number of benzene rings is 2. The van der Waals surface area contributed by atoms with Crippen molar-refractivity contribution in [3.63, 3.8) is 0 Å². The van der Waals surface area contributed by atoms with Crippen molar-refractivity contribution in [1.29, 1.82) is 0 Å². The van der Waals surface area contributed by atoms with Crippen molar-refractivity contribution in [3.8, 4) is 5.75 Å². The molecule has 3 rings (SSSR count). The van der Waals surface area contributed by atoms with Crippen LogP contribution in [0, 0.1) is 0 Å². The Kier molecular flexibility index (Phi) is 6.68. The quantitative estimate of drug-likeness (QED) is 0.823. The molecule has 0 bridgehead atoms. The van der Waals surface area contributed by atoms with Gasteiger partial charge in [0, 0.05) is 50.5 Å². The van der Waals surface area contributed by atoms with Gasteiger partial charge >= 0.3 is 6.03 Å². The number of nitrogens with one attached hydrogen (secondary N) is 2. The number of ether oxygens (including phenoxy) is 1. The number of hydrogen-bond acceptors (Lipinski definition) is 4. The number of hydrogen-bond donors (Lipinski definition) is 2. The van der Waals surface area contributed by atoms with Gasteiger partial charge in [-0.1, -0.05) is 36.4 Å². The Morgan fingerprint density at radius 2 is 1.96 bits per heavy atom. The van der Waals surface area contributed by atoms with Crippen LogP contribution in [-0.4, -0.2) is 62.7 Å². The number of urea groups is 1. The summed E-state index contributed by atoms with van der Waals surface area (Å²) in [5.74, 6) is 0.718. The molecule has 1 unspecified atom stereocenters. The lowest BCUT2D eigenvalue weighted by molar-refractivity contribution is 0.0913. The summed E-state index contributed by atoms with van der Waals surface area (Å²) in [6.07, 6.45) is 0. The van der Waals surface area contributed by atoms with Crippen LogP contribution in [0.3, 0.4) is 0 Å². The number of amides is 2. The molecule has 2 aromatic carbocycles. The number of rotatable bonds is 6. The average Bonchev–Trinajstić information content (AvgIpc) is 2.70. The van der Waals surface area contributed by atoms with Gasteiger partial charge in [-0.3, -0.25) is 4.90 Å². The standard InChI is InChI=1S/C21H28N4O2/c1-24-13-14-25(20(16-24)17-7-4-3-5-8-17)12-11-22-21(26)23-18-9-6-10-19(15-18)27-2/h3-10,15,20H,11-14,16H2,1-2H3,(H2,22,23,26). The predicted molar refractivity (Wildman–Crippen MR) is 108 cm³/mol. The van der Waals surface area contributed by atoms with Gasteiger partial charge in [0.05, 0.1) is 7.11 Å². The topological polar surface area (TPSA) is 56.8 Å². The number of carbonyl (C=O) groups excluding carboxylic acids is 1. The molecule has 1 atom stereocenters. The van der Waals surface area contributed by atoms with E-state index in [1.165, 1.54) is 5.56 Å². The number of methoxy groups -OCH3 is 1. The number of piperazine rings is 1. The molecule has 2 aromatic rings. The number of carbonyl (C=O) groups is 1. The third kappa shape index (κ3) is 5.45. The zero-order chi connectivity index (χ0) is 19.1. The second-order valence-electron chi connectivity index (χ2n) is 6.84. The van der Waals surface area contributed by atoms with Crippen LogP contribution in [0.25, 0.3) is 0 Å². The third-order valence-corrected chi connectivity index (χ3v) is 4.89. The summed E-state index contributed by atoms with van der Waals surface area (Å²) in [6.45, 7) is 4.45. The van der Waals surface area contributed by atoms with Crippen molar-refractivity contribution in [2.75, 3.05) is 52.2 Å². The molecule has 0 aliphatic carbocycles. The van der Waals surface area contributed by atoms with Crippen LogP contribution in [0.15, 0.2) is 54.6 Å². The van der Waals surface area contributed by atoms with Crippen LogP contribution in [0.4, 0.5) is 10.5 Å². The summed E-state index contributed by atoms with van der Waals surface area (Å²) in [4.78, 5) is 17.0. The maximum atomic E-state index is 12.2. The summed E-state index contributed by atoms with van der Waals surface area (Å²) in [5.41, 5.74) is 2.04. The van der Waals surface area contributed by atoms with Crippen molar-refractivity contribution in [3.05, 3.63) is 60.2 Å². The maximum Gasteiger partial charge on any atom is 0.319 e. The second kappa shape index (κ2) is 9.39. The minimum absolute atomic E-state index is 0.200. The molecule has 0 aromatic heterocycles. The minimum atomic E-state index is -0.200. The molecule has 6 nitrogen and oxygen atoms in total. The number of likely N-dealkylation sites (N-methyl/N-ethyl adjacent to an activating group) is 1. The van der Waals surface area contributed by atoms with E-state index in [4.69, 9.17) is 4.74 Å². The first-order chi connectivity index (χ1) is 13.2. The summed E-state index contributed by atoms with van der Waals surface area (Å²) in [5, 5.41) is 5.80. The normalized spacial score (nSPS) is 18.1. The van der Waals surface area contributed by atoms with Crippen molar-refractivity contribution in [1.82, 2.24) is 15.1 Å². The van der Waals surface area contributed by atoms with E-state index >= 15 is 0 Å². The van der Waals surface area contributed by atoms with Crippen LogP contribution < -0.4 is 15.4 Å². The molecule has 1 aliphatic rings. The van der Waals surface area contributed by atoms with Crippen molar-refractivity contribution in [2.24, 2.45) is 0 Å². The van der Waals surface area contributed by atoms with Crippen LogP contribution in [0.2, 0.25) is 0 Å². The lowest BCUT2D eigenvalue weighted by Gasteiger charge is -2.40. The number of anilines is 1. The summed E-state index contributed by atoms with van der Waals surface area (Å²) >= 11 is 0. The molecule has 6 heteroatoms. The van der Waals surface area contributed by atoms with E-state index in [1.54, 1.807) is 13.2 Å². The fourth-order valence-corrected chi connectivity index (χ4v) is 3.41. The van der Waals surface area contributed by atoms with Gasteiger partial charge in [0.2, 0.25) is 0 Å². The van der Waals surface area contributed by atoms with E-state index in [-0.39, 0.29) is 6.03 Å². The molecule has 0 spiro atoms. The zero-order valence-corrected chi connectivity index (χ0v) is 16.0. The molecule has 1 heterocycles. The molecule has 0 saturated carbocycles. The highest BCUT2D eigenvalue weighted by atomic mass is 16.5. The van der Waals surface area contributed by atoms with Gasteiger partial charge < -0.3 is 20.3 Å². The van der Waals surface area contributed by atoms with Gasteiger partial charge in [0.25, 0.3) is 0 Å². The van der Waals surface area contributed by atoms with Gasteiger partial charge in [-0.2, -0.15) is 0 Å². The SMILES string of the molecule is COc1cccc(NC(=O)NCCN2CCN(C)CC2c2ccccc2)c1. The highest BCUT2D eigenvalue weighted by molar-refractivity contribution is 5.89. The van der Waals surface area contributed by atoms with Crippen molar-refractivity contribution >= 4 is 11.7 Å². The van der Waals surface area contributed by atoms with Crippen LogP contribution in [-0.2, 0) is 0 Å². The molecule has 1 saturated heterocycles. The lowest BCUT2D eigenvalue weighted by Crippen LogP contribution is -2.49. The molecule has 1 aliphatic heterocycles. The minimum Gasteiger partial charge on any atom is -0.497 e. The van der Waals surface area contributed by atoms with Crippen molar-refractivity contribution < 1.29 is 9.53 Å². The Morgan fingerprint density at radius 3 is 2.74 bits per heavy atom. The van der Waals surface area contributed by atoms with Crippen molar-refractivity contribution in [2.45, 2.75) is 6.04 Å². The molecule has 2 amide bonds. The van der Waals surface area contributed by atoms with Gasteiger partial charge in [-0.15, -0.1) is 0 Å². The van der Waals surface area contributed by atoms with Crippen LogP contribution >= 0.6 is 0 Å². The average molecular weight is 368 g/mol. The molecule has 1 fully saturated rings. The summed E-state index contributed by atoms with van der Waals surface area (Å²) in [7, 11) is 3.77. The Hall–Kier alpha value is -2.57. The fraction of sp³-hybridized carbons (Fsp3) is 0.381. The van der Waals surface area contributed by atoms with Gasteiger partial charge in [-0.25, -0.2) is 4.79 Å². The summed E-state index contributed by atoms with van der Waals surface area (Å²) < 4.78 is 5.18. The summed E-state index contributed by atoms with van der Waals surface area (Å²) in [6, 6.07) is 18.1. The Bertz CT molecular complexity index is 738. The molecule has 27 heavy (non-hydrogen) atoms. The molecular weight excluding hydrogens is 340 g/mol. The highest BCUT2D eigenvalue weighted by Crippen LogP contribution is 2.24. The predicted octanol–water partition coefficient (Wildman–Crippen LogP) is 2.81. The first kappa shape index (κ1) is 19.2. The molecule has 0 radical (unpaired) electrons. The van der Waals surface area contributed by atoms with Crippen LogP contribution in [0.1, 0.15) is 11.6 Å². The third-order valence-electron chi connectivity index (χ3n) is 4.89. The van der Waals surface area contributed by atoms with E-state index < -0.39 is 0 Å². The Labute approximate surface area is 161 Å². The van der Waals surface area contributed by atoms with E-state index in [2.05, 4.69) is 51.7 Å². The number of nitrogens with zero attached hydrogens (tertiary/aromatic N) is 2. The van der Waals surface area contributed by atoms with Gasteiger partial charge in [0.15, 0.2) is 0 Å². The van der Waals surface area contributed by atoms with E-state index in [9.17, 15) is 4.79 Å². The lowest BCUT2D eigenvalue weighted by atomic mass is 10.0. The monoisotopic (exact) mass is 368 g/mol. The van der Waals surface area contributed by atoms with Gasteiger partial charge in [-0.05, 0) is 24.7 Å². The Balaban J connectivity index is 1.51. The molecular formula is C21H28N4O2. The van der Waals surface area contributed by atoms with E-state index in [1.807, 2.05) is 24.3 Å².